The number of fused-ring (bicyclic) bond motifs is 1. The fourth-order valence-electron chi connectivity index (χ4n) is 2.82. The number of aromatic nitrogens is 3. The zero-order valence-corrected chi connectivity index (χ0v) is 15.5. The molecule has 0 bridgehead atoms. The number of nitrogen functional groups attached to an aromatic ring is 1. The quantitative estimate of drug-likeness (QED) is 0.800. The fraction of sp³-hybridized carbons (Fsp3) is 0.250. The number of carbonyl (C=O) groups excluding carboxylic acids is 1. The van der Waals surface area contributed by atoms with Gasteiger partial charge in [0.05, 0.1) is 10.0 Å². The van der Waals surface area contributed by atoms with E-state index in [2.05, 4.69) is 30.9 Å². The molecule has 2 aromatic rings. The molecule has 0 saturated carbocycles. The van der Waals surface area contributed by atoms with Crippen molar-refractivity contribution in [1.82, 2.24) is 14.6 Å². The molecular formula is C16H14BrN5O2S. The molecule has 4 rings (SSSR count). The molecule has 1 fully saturated rings. The van der Waals surface area contributed by atoms with Crippen molar-refractivity contribution < 1.29 is 4.79 Å². The summed E-state index contributed by atoms with van der Waals surface area (Å²) in [6.45, 7) is 1.91. The van der Waals surface area contributed by atoms with Crippen LogP contribution in [0.25, 0.3) is 11.0 Å². The number of carbonyl (C=O) groups is 1. The Kier molecular flexibility index (Phi) is 4.04. The maximum Gasteiger partial charge on any atom is 0.283 e. The van der Waals surface area contributed by atoms with E-state index in [1.807, 2.05) is 0 Å². The maximum absolute atomic E-state index is 12.4. The second-order valence-corrected chi connectivity index (χ2v) is 7.61. The molecule has 0 atom stereocenters. The summed E-state index contributed by atoms with van der Waals surface area (Å²) in [6, 6.07) is 0. The van der Waals surface area contributed by atoms with Crippen molar-refractivity contribution in [3.05, 3.63) is 44.2 Å². The summed E-state index contributed by atoms with van der Waals surface area (Å²) in [4.78, 5) is 30.7. The van der Waals surface area contributed by atoms with E-state index in [4.69, 9.17) is 5.73 Å². The number of hydrogen-bond acceptors (Lipinski definition) is 7. The molecule has 0 amide bonds. The molecule has 25 heavy (non-hydrogen) atoms. The Bertz CT molecular complexity index is 1030. The Morgan fingerprint density at radius 3 is 2.72 bits per heavy atom. The van der Waals surface area contributed by atoms with Crippen LogP contribution in [-0.4, -0.2) is 33.5 Å². The van der Waals surface area contributed by atoms with Crippen LogP contribution < -0.4 is 16.2 Å². The average molecular weight is 420 g/mol. The van der Waals surface area contributed by atoms with Crippen LogP contribution in [0.4, 0.5) is 10.9 Å². The van der Waals surface area contributed by atoms with Crippen molar-refractivity contribution >= 4 is 55.0 Å². The molecule has 7 nitrogen and oxygen atoms in total. The first-order valence-corrected chi connectivity index (χ1v) is 9.39. The highest BCUT2D eigenvalue weighted by Crippen LogP contribution is 2.27. The van der Waals surface area contributed by atoms with E-state index in [0.29, 0.717) is 15.0 Å². The van der Waals surface area contributed by atoms with Crippen molar-refractivity contribution in [2.75, 3.05) is 23.7 Å². The molecular weight excluding hydrogens is 406 g/mol. The summed E-state index contributed by atoms with van der Waals surface area (Å²) in [5, 5.41) is 5.35. The van der Waals surface area contributed by atoms with Gasteiger partial charge in [0, 0.05) is 13.1 Å². The topological polar surface area (TPSA) is 93.6 Å². The minimum atomic E-state index is -0.406. The van der Waals surface area contributed by atoms with Gasteiger partial charge in [-0.2, -0.15) is 9.50 Å². The Balaban J connectivity index is 1.81. The molecule has 9 heteroatoms. The zero-order valence-electron chi connectivity index (χ0n) is 13.1. The van der Waals surface area contributed by atoms with Crippen LogP contribution >= 0.6 is 27.3 Å². The van der Waals surface area contributed by atoms with Crippen LogP contribution in [-0.2, 0) is 4.79 Å². The molecule has 1 saturated heterocycles. The Morgan fingerprint density at radius 1 is 1.24 bits per heavy atom. The third-order valence-electron chi connectivity index (χ3n) is 4.12. The highest BCUT2D eigenvalue weighted by molar-refractivity contribution is 9.12. The van der Waals surface area contributed by atoms with Gasteiger partial charge in [0.2, 0.25) is 10.1 Å². The standard InChI is InChI=1S/C16H14BrN5O2S/c17-11-8-9(3-4-12(11)23)7-10-13(18)22-15(19-14(10)24)25-16(20-22)21-5-1-2-6-21/h3-4,7-8H,1-2,5-6,18H2. The molecule has 0 radical (unpaired) electrons. The lowest BCUT2D eigenvalue weighted by Crippen LogP contribution is -2.18. The normalized spacial score (nSPS) is 19.2. The summed E-state index contributed by atoms with van der Waals surface area (Å²) in [6.07, 6.45) is 8.62. The number of nitrogens with zero attached hydrogens (tertiary/aromatic N) is 4. The van der Waals surface area contributed by atoms with E-state index >= 15 is 0 Å². The van der Waals surface area contributed by atoms with E-state index in [9.17, 15) is 9.59 Å². The Morgan fingerprint density at radius 2 is 2.00 bits per heavy atom. The molecule has 0 aromatic carbocycles. The molecule has 1 aliphatic heterocycles. The summed E-state index contributed by atoms with van der Waals surface area (Å²) in [5.74, 6) is 0.129. The average Bonchev–Trinajstić information content (AvgIpc) is 3.23. The Hall–Kier alpha value is -2.26. The molecule has 0 spiro atoms. The smallest absolute Gasteiger partial charge is 0.283 e. The van der Waals surface area contributed by atoms with Crippen LogP contribution in [0.1, 0.15) is 18.4 Å². The van der Waals surface area contributed by atoms with Gasteiger partial charge in [-0.05, 0) is 52.6 Å². The predicted molar refractivity (Wildman–Crippen MR) is 102 cm³/mol. The van der Waals surface area contributed by atoms with Gasteiger partial charge in [-0.25, -0.2) is 0 Å². The van der Waals surface area contributed by atoms with E-state index in [1.54, 1.807) is 18.2 Å². The van der Waals surface area contributed by atoms with Gasteiger partial charge in [-0.1, -0.05) is 17.4 Å². The summed E-state index contributed by atoms with van der Waals surface area (Å²) in [7, 11) is 0. The maximum atomic E-state index is 12.4. The molecule has 2 aromatic heterocycles. The lowest BCUT2D eigenvalue weighted by Gasteiger charge is -2.11. The molecule has 2 N–H and O–H groups in total. The Labute approximate surface area is 155 Å². The number of halogens is 1. The van der Waals surface area contributed by atoms with E-state index < -0.39 is 5.56 Å². The van der Waals surface area contributed by atoms with E-state index in [0.717, 1.165) is 31.1 Å². The number of ketones is 1. The molecule has 0 unspecified atom stereocenters. The summed E-state index contributed by atoms with van der Waals surface area (Å²) >= 11 is 4.56. The van der Waals surface area contributed by atoms with Crippen molar-refractivity contribution in [1.29, 1.82) is 0 Å². The molecule has 128 valence electrons. The SMILES string of the molecule is Nc1c(C=C2C=CC(=O)C(Br)=C2)c(=O)nc2sc(N3CCCC3)nn12. The lowest BCUT2D eigenvalue weighted by atomic mass is 10.1. The number of anilines is 2. The van der Waals surface area contributed by atoms with Crippen LogP contribution in [0.15, 0.2) is 33.1 Å². The van der Waals surface area contributed by atoms with Gasteiger partial charge in [0.25, 0.3) is 5.56 Å². The first-order chi connectivity index (χ1) is 12.0. The zero-order chi connectivity index (χ0) is 17.6. The number of rotatable bonds is 2. The predicted octanol–water partition coefficient (Wildman–Crippen LogP) is 2.13. The highest BCUT2D eigenvalue weighted by atomic mass is 79.9. The van der Waals surface area contributed by atoms with Crippen molar-refractivity contribution in [3.8, 4) is 0 Å². The van der Waals surface area contributed by atoms with Gasteiger partial charge < -0.3 is 10.6 Å². The number of allylic oxidation sites excluding steroid dienone is 5. The van der Waals surface area contributed by atoms with Crippen molar-refractivity contribution in [2.24, 2.45) is 0 Å². The second-order valence-electron chi connectivity index (χ2n) is 5.82. The first kappa shape index (κ1) is 16.2. The van der Waals surface area contributed by atoms with Gasteiger partial charge in [0.15, 0.2) is 5.78 Å². The van der Waals surface area contributed by atoms with Gasteiger partial charge in [-0.3, -0.25) is 9.59 Å². The van der Waals surface area contributed by atoms with E-state index in [1.165, 1.54) is 21.9 Å². The van der Waals surface area contributed by atoms with Crippen LogP contribution in [0, 0.1) is 0 Å². The van der Waals surface area contributed by atoms with Crippen LogP contribution in [0.3, 0.4) is 0 Å². The van der Waals surface area contributed by atoms with Gasteiger partial charge in [-0.15, -0.1) is 5.10 Å². The minimum absolute atomic E-state index is 0.120. The minimum Gasteiger partial charge on any atom is -0.383 e. The molecule has 3 heterocycles. The van der Waals surface area contributed by atoms with Crippen LogP contribution in [0.2, 0.25) is 0 Å². The fourth-order valence-corrected chi connectivity index (χ4v) is 4.17. The highest BCUT2D eigenvalue weighted by Gasteiger charge is 2.19. The van der Waals surface area contributed by atoms with Crippen LogP contribution in [0.5, 0.6) is 0 Å². The van der Waals surface area contributed by atoms with Gasteiger partial charge in [0.1, 0.15) is 5.82 Å². The monoisotopic (exact) mass is 419 g/mol. The third kappa shape index (κ3) is 2.93. The van der Waals surface area contributed by atoms with Crippen molar-refractivity contribution in [2.45, 2.75) is 12.8 Å². The number of nitrogens with two attached hydrogens (primary N) is 1. The van der Waals surface area contributed by atoms with Crippen molar-refractivity contribution in [3.63, 3.8) is 0 Å². The summed E-state index contributed by atoms with van der Waals surface area (Å²) in [5.41, 5.74) is 6.74. The molecule has 2 aliphatic rings. The largest absolute Gasteiger partial charge is 0.383 e. The third-order valence-corrected chi connectivity index (χ3v) is 5.71. The first-order valence-electron chi connectivity index (χ1n) is 7.78. The van der Waals surface area contributed by atoms with Gasteiger partial charge >= 0.3 is 0 Å². The summed E-state index contributed by atoms with van der Waals surface area (Å²) < 4.78 is 1.95. The van der Waals surface area contributed by atoms with E-state index in [-0.39, 0.29) is 17.2 Å². The molecule has 1 aliphatic carbocycles. The number of hydrogen-bond donors (Lipinski definition) is 1. The lowest BCUT2D eigenvalue weighted by molar-refractivity contribution is -0.110. The second kappa shape index (κ2) is 6.23.